The summed E-state index contributed by atoms with van der Waals surface area (Å²) in [5.41, 5.74) is 4.72. The summed E-state index contributed by atoms with van der Waals surface area (Å²) in [7, 11) is 0. The van der Waals surface area contributed by atoms with Crippen LogP contribution in [0.2, 0.25) is 0 Å². The van der Waals surface area contributed by atoms with Crippen LogP contribution in [0.1, 0.15) is 22.6 Å². The molecule has 0 radical (unpaired) electrons. The fraction of sp³-hybridized carbons (Fsp3) is 0.312. The molecule has 0 spiro atoms. The average molecular weight is 311 g/mol. The highest BCUT2D eigenvalue weighted by Gasteiger charge is 2.17. The number of aromatic amines is 1. The van der Waals surface area contributed by atoms with Gasteiger partial charge in [-0.05, 0) is 42.6 Å². The van der Waals surface area contributed by atoms with E-state index in [4.69, 9.17) is 0 Å². The molecule has 0 saturated heterocycles. The lowest BCUT2D eigenvalue weighted by Crippen LogP contribution is -2.27. The van der Waals surface area contributed by atoms with Crippen LogP contribution < -0.4 is 0 Å². The van der Waals surface area contributed by atoms with Crippen LogP contribution in [-0.4, -0.2) is 37.5 Å². The SMILES string of the molecule is Cc1nnsc1CN1CC=C(c2c[nH]c3ncccc23)CC1. The lowest BCUT2D eigenvalue weighted by atomic mass is 9.99. The van der Waals surface area contributed by atoms with Gasteiger partial charge in [-0.2, -0.15) is 0 Å². The van der Waals surface area contributed by atoms with E-state index in [2.05, 4.69) is 42.8 Å². The number of rotatable bonds is 3. The molecule has 1 N–H and O–H groups in total. The van der Waals surface area contributed by atoms with Gasteiger partial charge in [0, 0.05) is 43.0 Å². The summed E-state index contributed by atoms with van der Waals surface area (Å²) < 4.78 is 4.02. The molecule has 112 valence electrons. The molecule has 6 heteroatoms. The molecule has 0 unspecified atom stereocenters. The second-order valence-electron chi connectivity index (χ2n) is 5.60. The third-order valence-corrected chi connectivity index (χ3v) is 5.01. The summed E-state index contributed by atoms with van der Waals surface area (Å²) in [5, 5.41) is 5.30. The lowest BCUT2D eigenvalue weighted by Gasteiger charge is -2.25. The van der Waals surface area contributed by atoms with Crippen molar-refractivity contribution in [3.63, 3.8) is 0 Å². The molecule has 0 fully saturated rings. The zero-order valence-electron chi connectivity index (χ0n) is 12.4. The van der Waals surface area contributed by atoms with E-state index in [9.17, 15) is 0 Å². The van der Waals surface area contributed by atoms with Crippen LogP contribution in [0.5, 0.6) is 0 Å². The summed E-state index contributed by atoms with van der Waals surface area (Å²) in [6, 6.07) is 4.13. The molecule has 0 atom stereocenters. The molecule has 3 aromatic rings. The average Bonchev–Trinajstić information content (AvgIpc) is 3.15. The van der Waals surface area contributed by atoms with Crippen molar-refractivity contribution in [1.29, 1.82) is 0 Å². The first-order valence-electron chi connectivity index (χ1n) is 7.43. The van der Waals surface area contributed by atoms with E-state index in [-0.39, 0.29) is 0 Å². The number of hydrogen-bond donors (Lipinski definition) is 1. The minimum absolute atomic E-state index is 0.947. The first-order valence-corrected chi connectivity index (χ1v) is 8.20. The predicted molar refractivity (Wildman–Crippen MR) is 88.6 cm³/mol. The molecule has 5 nitrogen and oxygen atoms in total. The van der Waals surface area contributed by atoms with E-state index in [0.717, 1.165) is 37.4 Å². The van der Waals surface area contributed by atoms with Gasteiger partial charge in [-0.15, -0.1) is 5.10 Å². The second-order valence-corrected chi connectivity index (χ2v) is 6.44. The number of H-pyrrole nitrogens is 1. The monoisotopic (exact) mass is 311 g/mol. The second kappa shape index (κ2) is 5.62. The van der Waals surface area contributed by atoms with E-state index >= 15 is 0 Å². The maximum atomic E-state index is 4.37. The maximum absolute atomic E-state index is 4.37. The minimum Gasteiger partial charge on any atom is -0.346 e. The van der Waals surface area contributed by atoms with Gasteiger partial charge in [0.2, 0.25) is 0 Å². The Morgan fingerprint density at radius 3 is 3.14 bits per heavy atom. The summed E-state index contributed by atoms with van der Waals surface area (Å²) in [6.07, 6.45) is 7.30. The van der Waals surface area contributed by atoms with Crippen molar-refractivity contribution in [3.05, 3.63) is 46.7 Å². The van der Waals surface area contributed by atoms with Crippen molar-refractivity contribution in [2.24, 2.45) is 0 Å². The minimum atomic E-state index is 0.947. The summed E-state index contributed by atoms with van der Waals surface area (Å²) in [5.74, 6) is 0. The molecule has 22 heavy (non-hydrogen) atoms. The van der Waals surface area contributed by atoms with E-state index in [1.54, 1.807) is 0 Å². The fourth-order valence-corrected chi connectivity index (χ4v) is 3.60. The Hall–Kier alpha value is -2.05. The molecule has 3 aromatic heterocycles. The van der Waals surface area contributed by atoms with E-state index in [0.29, 0.717) is 0 Å². The molecule has 0 amide bonds. The third kappa shape index (κ3) is 2.44. The van der Waals surface area contributed by atoms with Crippen LogP contribution in [0.25, 0.3) is 16.6 Å². The zero-order chi connectivity index (χ0) is 14.9. The van der Waals surface area contributed by atoms with Crippen molar-refractivity contribution in [3.8, 4) is 0 Å². The number of aryl methyl sites for hydroxylation is 1. The van der Waals surface area contributed by atoms with E-state index in [1.165, 1.54) is 32.9 Å². The number of fused-ring (bicyclic) bond motifs is 1. The van der Waals surface area contributed by atoms with Crippen molar-refractivity contribution >= 4 is 28.1 Å². The van der Waals surface area contributed by atoms with Gasteiger partial charge in [0.05, 0.1) is 10.6 Å². The van der Waals surface area contributed by atoms with Gasteiger partial charge in [0.15, 0.2) is 0 Å². The number of pyridine rings is 1. The number of hydrogen-bond acceptors (Lipinski definition) is 5. The van der Waals surface area contributed by atoms with Gasteiger partial charge in [0.1, 0.15) is 5.65 Å². The maximum Gasteiger partial charge on any atom is 0.137 e. The Labute approximate surface area is 132 Å². The first kappa shape index (κ1) is 13.6. The fourth-order valence-electron chi connectivity index (χ4n) is 2.92. The van der Waals surface area contributed by atoms with Crippen molar-refractivity contribution in [1.82, 2.24) is 24.5 Å². The first-order chi connectivity index (χ1) is 10.8. The van der Waals surface area contributed by atoms with E-state index < -0.39 is 0 Å². The van der Waals surface area contributed by atoms with Gasteiger partial charge in [-0.1, -0.05) is 10.6 Å². The predicted octanol–water partition coefficient (Wildman–Crippen LogP) is 3.01. The van der Waals surface area contributed by atoms with Crippen LogP contribution in [0.3, 0.4) is 0 Å². The van der Waals surface area contributed by atoms with Crippen LogP contribution in [0.4, 0.5) is 0 Å². The van der Waals surface area contributed by atoms with Crippen LogP contribution in [0, 0.1) is 6.92 Å². The molecule has 0 aromatic carbocycles. The van der Waals surface area contributed by atoms with Gasteiger partial charge in [0.25, 0.3) is 0 Å². The summed E-state index contributed by atoms with van der Waals surface area (Å²) in [6.45, 7) is 5.02. The largest absolute Gasteiger partial charge is 0.346 e. The standard InChI is InChI=1S/C16H17N5S/c1-11-15(22-20-19-11)10-21-7-4-12(5-8-21)14-9-18-16-13(14)3-2-6-17-16/h2-4,6,9H,5,7-8,10H2,1H3,(H,17,18). The molecule has 0 bridgehead atoms. The van der Waals surface area contributed by atoms with E-state index in [1.807, 2.05) is 19.2 Å². The number of nitrogens with one attached hydrogen (secondary N) is 1. The van der Waals surface area contributed by atoms with Gasteiger partial charge in [-0.25, -0.2) is 4.98 Å². The van der Waals surface area contributed by atoms with Crippen molar-refractivity contribution in [2.75, 3.05) is 13.1 Å². The number of nitrogens with zero attached hydrogens (tertiary/aromatic N) is 4. The lowest BCUT2D eigenvalue weighted by molar-refractivity contribution is 0.296. The Bertz CT molecular complexity index is 832. The van der Waals surface area contributed by atoms with Crippen LogP contribution in [0.15, 0.2) is 30.6 Å². The smallest absolute Gasteiger partial charge is 0.137 e. The highest BCUT2D eigenvalue weighted by Crippen LogP contribution is 2.29. The van der Waals surface area contributed by atoms with Crippen molar-refractivity contribution < 1.29 is 0 Å². The third-order valence-electron chi connectivity index (χ3n) is 4.20. The van der Waals surface area contributed by atoms with Gasteiger partial charge < -0.3 is 4.98 Å². The topological polar surface area (TPSA) is 57.7 Å². The van der Waals surface area contributed by atoms with Crippen LogP contribution in [-0.2, 0) is 6.54 Å². The highest BCUT2D eigenvalue weighted by molar-refractivity contribution is 7.05. The molecule has 0 saturated carbocycles. The molecule has 1 aliphatic heterocycles. The Morgan fingerprint density at radius 2 is 2.36 bits per heavy atom. The molecule has 4 heterocycles. The molecule has 1 aliphatic rings. The Kier molecular flexibility index (Phi) is 3.48. The number of aromatic nitrogens is 4. The summed E-state index contributed by atoms with van der Waals surface area (Å²) in [4.78, 5) is 11.3. The van der Waals surface area contributed by atoms with Crippen LogP contribution >= 0.6 is 11.5 Å². The van der Waals surface area contributed by atoms with Gasteiger partial charge >= 0.3 is 0 Å². The summed E-state index contributed by atoms with van der Waals surface area (Å²) >= 11 is 1.51. The normalized spacial score (nSPS) is 16.1. The van der Waals surface area contributed by atoms with Gasteiger partial charge in [-0.3, -0.25) is 4.90 Å². The molecule has 0 aliphatic carbocycles. The molecular weight excluding hydrogens is 294 g/mol. The zero-order valence-corrected chi connectivity index (χ0v) is 13.2. The Balaban J connectivity index is 1.53. The highest BCUT2D eigenvalue weighted by atomic mass is 32.1. The molecular formula is C16H17N5S. The van der Waals surface area contributed by atoms with Crippen molar-refractivity contribution in [2.45, 2.75) is 19.9 Å². The molecule has 4 rings (SSSR count). The quantitative estimate of drug-likeness (QED) is 0.808. The Morgan fingerprint density at radius 1 is 1.41 bits per heavy atom.